The summed E-state index contributed by atoms with van der Waals surface area (Å²) in [6.45, 7) is 8.69. The van der Waals surface area contributed by atoms with Gasteiger partial charge in [-0.1, -0.05) is 48.5 Å². The number of hydrogen-bond donors (Lipinski definition) is 0. The summed E-state index contributed by atoms with van der Waals surface area (Å²) in [5.74, 6) is 0. The van der Waals surface area contributed by atoms with Gasteiger partial charge in [0.2, 0.25) is 0 Å². The van der Waals surface area contributed by atoms with E-state index < -0.39 is 0 Å². The molecule has 0 saturated carbocycles. The van der Waals surface area contributed by atoms with E-state index in [-0.39, 0.29) is 6.04 Å². The molecule has 0 radical (unpaired) electrons. The maximum absolute atomic E-state index is 4.88. The van der Waals surface area contributed by atoms with Crippen LogP contribution in [0.2, 0.25) is 0 Å². The molecule has 1 aromatic heterocycles. The molecule has 3 aromatic rings. The smallest absolute Gasteiger partial charge is 0.129 e. The lowest BCUT2D eigenvalue weighted by Gasteiger charge is -2.19. The predicted molar refractivity (Wildman–Crippen MR) is 98.5 cm³/mol. The highest BCUT2D eigenvalue weighted by Crippen LogP contribution is 2.28. The van der Waals surface area contributed by atoms with Crippen molar-refractivity contribution in [1.29, 1.82) is 0 Å². The minimum absolute atomic E-state index is 0.268. The van der Waals surface area contributed by atoms with E-state index in [1.54, 1.807) is 0 Å². The van der Waals surface area contributed by atoms with Gasteiger partial charge in [0.15, 0.2) is 0 Å². The van der Waals surface area contributed by atoms with Gasteiger partial charge in [0.1, 0.15) is 5.49 Å². The van der Waals surface area contributed by atoms with Gasteiger partial charge in [-0.15, -0.1) is 0 Å². The zero-order valence-electron chi connectivity index (χ0n) is 14.3. The number of fused-ring (bicyclic) bond motifs is 1. The van der Waals surface area contributed by atoms with E-state index >= 15 is 0 Å². The van der Waals surface area contributed by atoms with Gasteiger partial charge in [0.25, 0.3) is 0 Å². The number of benzene rings is 2. The maximum atomic E-state index is 4.88. The quantitative estimate of drug-likeness (QED) is 0.633. The molecule has 3 rings (SSSR count). The predicted octanol–water partition coefficient (Wildman–Crippen LogP) is 5.20. The second kappa shape index (κ2) is 6.41. The summed E-state index contributed by atoms with van der Waals surface area (Å²) in [7, 11) is 0. The van der Waals surface area contributed by atoms with Gasteiger partial charge >= 0.3 is 0 Å². The van der Waals surface area contributed by atoms with Gasteiger partial charge in [-0.25, -0.2) is 0 Å². The normalized spacial score (nSPS) is 12.5. The first-order chi connectivity index (χ1) is 11.1. The summed E-state index contributed by atoms with van der Waals surface area (Å²) in [6.07, 6.45) is 0. The number of pyridine rings is 1. The molecule has 0 spiro atoms. The van der Waals surface area contributed by atoms with Crippen molar-refractivity contribution in [3.8, 4) is 11.1 Å². The number of aromatic nitrogens is 1. The summed E-state index contributed by atoms with van der Waals surface area (Å²) >= 11 is 0. The number of hydrogen-bond acceptors (Lipinski definition) is 1. The van der Waals surface area contributed by atoms with Crippen molar-refractivity contribution in [3.05, 3.63) is 66.2 Å². The Labute approximate surface area is 138 Å². The third-order valence-corrected chi connectivity index (χ3v) is 3.97. The Morgan fingerprint density at radius 3 is 2.13 bits per heavy atom. The maximum Gasteiger partial charge on any atom is 0.129 e. The lowest BCUT2D eigenvalue weighted by Crippen LogP contribution is -2.25. The third-order valence-electron chi connectivity index (χ3n) is 3.97. The summed E-state index contributed by atoms with van der Waals surface area (Å²) in [6, 6.07) is 22.1. The fourth-order valence-corrected chi connectivity index (χ4v) is 3.07. The molecular weight excluding hydrogens is 280 g/mol. The SMILES string of the molecule is CC(C)N=c1cc(-c2ccccc2)c2ccccc2n1C(C)C. The largest absolute Gasteiger partial charge is 0.324 e. The van der Waals surface area contributed by atoms with Crippen LogP contribution in [0.3, 0.4) is 0 Å². The lowest BCUT2D eigenvalue weighted by atomic mass is 10.0. The second-order valence-electron chi connectivity index (χ2n) is 6.49. The summed E-state index contributed by atoms with van der Waals surface area (Å²) in [5.41, 5.74) is 4.77. The van der Waals surface area contributed by atoms with E-state index in [0.717, 1.165) is 5.49 Å². The highest BCUT2D eigenvalue weighted by Gasteiger charge is 2.11. The molecule has 1 heterocycles. The number of para-hydroxylation sites is 1. The molecule has 2 nitrogen and oxygen atoms in total. The van der Waals surface area contributed by atoms with Crippen molar-refractivity contribution in [2.75, 3.05) is 0 Å². The van der Waals surface area contributed by atoms with Crippen LogP contribution in [-0.2, 0) is 0 Å². The Balaban J connectivity index is 2.45. The van der Waals surface area contributed by atoms with E-state index in [1.165, 1.54) is 22.0 Å². The van der Waals surface area contributed by atoms with Crippen molar-refractivity contribution in [2.45, 2.75) is 39.8 Å². The average Bonchev–Trinajstić information content (AvgIpc) is 2.54. The van der Waals surface area contributed by atoms with Crippen molar-refractivity contribution in [1.82, 2.24) is 4.57 Å². The Bertz CT molecular complexity index is 871. The first kappa shape index (κ1) is 15.5. The van der Waals surface area contributed by atoms with Crippen LogP contribution in [0.15, 0.2) is 65.7 Å². The molecular formula is C21H24N2. The summed E-state index contributed by atoms with van der Waals surface area (Å²) < 4.78 is 2.34. The first-order valence-corrected chi connectivity index (χ1v) is 8.31. The molecule has 0 unspecified atom stereocenters. The van der Waals surface area contributed by atoms with E-state index in [4.69, 9.17) is 4.99 Å². The Morgan fingerprint density at radius 2 is 1.48 bits per heavy atom. The Morgan fingerprint density at radius 1 is 0.826 bits per heavy atom. The van der Waals surface area contributed by atoms with Crippen LogP contribution in [0.25, 0.3) is 22.0 Å². The Kier molecular flexibility index (Phi) is 4.33. The fourth-order valence-electron chi connectivity index (χ4n) is 3.07. The van der Waals surface area contributed by atoms with Gasteiger partial charge in [0.05, 0.1) is 5.52 Å². The third kappa shape index (κ3) is 3.07. The topological polar surface area (TPSA) is 17.3 Å². The van der Waals surface area contributed by atoms with E-state index in [1.807, 2.05) is 0 Å². The van der Waals surface area contributed by atoms with Gasteiger partial charge in [-0.2, -0.15) is 0 Å². The average molecular weight is 304 g/mol. The van der Waals surface area contributed by atoms with Crippen LogP contribution >= 0.6 is 0 Å². The van der Waals surface area contributed by atoms with Crippen molar-refractivity contribution < 1.29 is 0 Å². The van der Waals surface area contributed by atoms with Crippen LogP contribution < -0.4 is 5.49 Å². The molecule has 0 bridgehead atoms. The lowest BCUT2D eigenvalue weighted by molar-refractivity contribution is 0.581. The Hall–Kier alpha value is -2.35. The van der Waals surface area contributed by atoms with Crippen molar-refractivity contribution in [3.63, 3.8) is 0 Å². The molecule has 0 amide bonds. The van der Waals surface area contributed by atoms with Gasteiger partial charge in [-0.05, 0) is 51.0 Å². The molecule has 2 heteroatoms. The minimum Gasteiger partial charge on any atom is -0.324 e. The zero-order chi connectivity index (χ0) is 16.4. The zero-order valence-corrected chi connectivity index (χ0v) is 14.3. The van der Waals surface area contributed by atoms with Gasteiger partial charge < -0.3 is 4.57 Å². The van der Waals surface area contributed by atoms with Crippen LogP contribution in [0.4, 0.5) is 0 Å². The highest BCUT2D eigenvalue weighted by molar-refractivity contribution is 5.94. The van der Waals surface area contributed by atoms with Gasteiger partial charge in [-0.3, -0.25) is 4.99 Å². The minimum atomic E-state index is 0.268. The first-order valence-electron chi connectivity index (χ1n) is 8.31. The molecule has 0 aliphatic rings. The number of rotatable bonds is 3. The van der Waals surface area contributed by atoms with Crippen LogP contribution in [0.1, 0.15) is 33.7 Å². The molecule has 0 fully saturated rings. The monoisotopic (exact) mass is 304 g/mol. The molecule has 0 N–H and O–H groups in total. The molecule has 0 aliphatic heterocycles. The van der Waals surface area contributed by atoms with Crippen molar-refractivity contribution >= 4 is 10.9 Å². The highest BCUT2D eigenvalue weighted by atomic mass is 15.0. The van der Waals surface area contributed by atoms with Crippen molar-refractivity contribution in [2.24, 2.45) is 4.99 Å². The van der Waals surface area contributed by atoms with E-state index in [9.17, 15) is 0 Å². The number of nitrogens with zero attached hydrogens (tertiary/aromatic N) is 2. The summed E-state index contributed by atoms with van der Waals surface area (Å²) in [4.78, 5) is 4.88. The molecule has 0 atom stereocenters. The summed E-state index contributed by atoms with van der Waals surface area (Å²) in [5, 5.41) is 1.27. The van der Waals surface area contributed by atoms with E-state index in [0.29, 0.717) is 6.04 Å². The molecule has 0 aliphatic carbocycles. The molecule has 2 aromatic carbocycles. The van der Waals surface area contributed by atoms with Crippen LogP contribution in [-0.4, -0.2) is 10.6 Å². The van der Waals surface area contributed by atoms with Crippen LogP contribution in [0, 0.1) is 0 Å². The standard InChI is InChI=1S/C21H24N2/c1-15(2)22-21-14-19(17-10-6-5-7-11-17)18-12-8-9-13-20(18)23(21)16(3)4/h5-16H,1-4H3. The van der Waals surface area contributed by atoms with Crippen LogP contribution in [0.5, 0.6) is 0 Å². The van der Waals surface area contributed by atoms with Gasteiger partial charge in [0, 0.05) is 17.5 Å². The molecule has 23 heavy (non-hydrogen) atoms. The fraction of sp³-hybridized carbons (Fsp3) is 0.286. The molecule has 118 valence electrons. The molecule has 0 saturated heterocycles. The van der Waals surface area contributed by atoms with E-state index in [2.05, 4.69) is 92.9 Å². The second-order valence-corrected chi connectivity index (χ2v) is 6.49.